The van der Waals surface area contributed by atoms with Crippen LogP contribution in [0.4, 0.5) is 5.95 Å². The second-order valence-electron chi connectivity index (χ2n) is 8.17. The van der Waals surface area contributed by atoms with Gasteiger partial charge in [-0.15, -0.1) is 0 Å². The van der Waals surface area contributed by atoms with Crippen LogP contribution in [-0.2, 0) is 6.42 Å². The van der Waals surface area contributed by atoms with Crippen molar-refractivity contribution in [2.75, 3.05) is 18.1 Å². The Morgan fingerprint density at radius 3 is 2.88 bits per heavy atom. The molecule has 2 N–H and O–H groups in total. The quantitative estimate of drug-likeness (QED) is 0.875. The van der Waals surface area contributed by atoms with E-state index in [-0.39, 0.29) is 12.0 Å². The highest BCUT2D eigenvalue weighted by atomic mass is 16.3. The van der Waals surface area contributed by atoms with Crippen molar-refractivity contribution < 1.29 is 5.11 Å². The highest BCUT2D eigenvalue weighted by Gasteiger charge is 2.55. The zero-order valence-corrected chi connectivity index (χ0v) is 14.5. The lowest BCUT2D eigenvalue weighted by Crippen LogP contribution is -2.37. The van der Waals surface area contributed by atoms with Gasteiger partial charge in [0.05, 0.1) is 18.0 Å². The standard InChI is InChI=1S/C19H25N5O/c25-12-19-9-16(10-19)24(11-19)18-20-6-5-14(21-18)7-15-8-17(23-22-15)13-3-1-2-4-13/h5-6,8,13,16,25H,1-4,7,9-12H2,(H,22,23). The maximum absolute atomic E-state index is 9.59. The van der Waals surface area contributed by atoms with Gasteiger partial charge in [0, 0.05) is 42.2 Å². The summed E-state index contributed by atoms with van der Waals surface area (Å²) in [6.07, 6.45) is 9.95. The Morgan fingerprint density at radius 1 is 1.28 bits per heavy atom. The second kappa shape index (κ2) is 5.80. The molecular formula is C19H25N5O. The smallest absolute Gasteiger partial charge is 0.225 e. The Morgan fingerprint density at radius 2 is 2.12 bits per heavy atom. The number of nitrogens with zero attached hydrogens (tertiary/aromatic N) is 4. The number of nitrogens with one attached hydrogen (secondary N) is 1. The number of hydrogen-bond donors (Lipinski definition) is 2. The lowest BCUT2D eigenvalue weighted by Gasteiger charge is -2.34. The van der Waals surface area contributed by atoms with E-state index in [0.29, 0.717) is 12.0 Å². The highest BCUT2D eigenvalue weighted by molar-refractivity contribution is 5.40. The average Bonchev–Trinajstić information content (AvgIpc) is 3.36. The van der Waals surface area contributed by atoms with E-state index in [1.807, 2.05) is 12.3 Å². The first-order chi connectivity index (χ1) is 12.2. The first kappa shape index (κ1) is 15.3. The Kier molecular flexibility index (Phi) is 3.55. The van der Waals surface area contributed by atoms with Crippen molar-refractivity contribution in [2.24, 2.45) is 5.41 Å². The van der Waals surface area contributed by atoms with Crippen LogP contribution in [0, 0.1) is 5.41 Å². The van der Waals surface area contributed by atoms with Crippen molar-refractivity contribution in [3.8, 4) is 0 Å². The number of aromatic amines is 1. The minimum Gasteiger partial charge on any atom is -0.396 e. The molecule has 2 aliphatic carbocycles. The molecule has 0 unspecified atom stereocenters. The van der Waals surface area contributed by atoms with Gasteiger partial charge in [-0.2, -0.15) is 5.10 Å². The van der Waals surface area contributed by atoms with Crippen LogP contribution in [0.25, 0.3) is 0 Å². The fourth-order valence-electron chi connectivity index (χ4n) is 4.91. The molecule has 6 nitrogen and oxygen atoms in total. The summed E-state index contributed by atoms with van der Waals surface area (Å²) < 4.78 is 0. The van der Waals surface area contributed by atoms with Gasteiger partial charge < -0.3 is 10.0 Å². The van der Waals surface area contributed by atoms with Gasteiger partial charge in [0.25, 0.3) is 0 Å². The lowest BCUT2D eigenvalue weighted by molar-refractivity contribution is 0.0873. The average molecular weight is 339 g/mol. The SMILES string of the molecule is OCC12CC(C1)N(c1nccc(Cc3cc(C4CCCC4)n[nH]3)n1)C2. The summed E-state index contributed by atoms with van der Waals surface area (Å²) in [7, 11) is 0. The van der Waals surface area contributed by atoms with Crippen LogP contribution in [0.5, 0.6) is 0 Å². The van der Waals surface area contributed by atoms with Gasteiger partial charge in [-0.3, -0.25) is 5.10 Å². The molecule has 4 aliphatic rings. The molecule has 6 heteroatoms. The normalized spacial score (nSPS) is 28.5. The second-order valence-corrected chi connectivity index (χ2v) is 8.17. The van der Waals surface area contributed by atoms with Gasteiger partial charge in [-0.1, -0.05) is 12.8 Å². The van der Waals surface area contributed by atoms with Crippen molar-refractivity contribution in [2.45, 2.75) is 56.9 Å². The summed E-state index contributed by atoms with van der Waals surface area (Å²) in [5, 5.41) is 17.3. The van der Waals surface area contributed by atoms with Crippen LogP contribution in [0.1, 0.15) is 61.5 Å². The predicted octanol–water partition coefficient (Wildman–Crippen LogP) is 2.41. The minimum atomic E-state index is 0.101. The number of aliphatic hydroxyl groups excluding tert-OH is 1. The van der Waals surface area contributed by atoms with Gasteiger partial charge in [0.15, 0.2) is 0 Å². The third kappa shape index (κ3) is 2.63. The van der Waals surface area contributed by atoms with E-state index < -0.39 is 0 Å². The Labute approximate surface area is 147 Å². The van der Waals surface area contributed by atoms with E-state index in [4.69, 9.17) is 4.98 Å². The maximum atomic E-state index is 9.59. The molecule has 2 saturated heterocycles. The molecule has 0 spiro atoms. The number of anilines is 1. The summed E-state index contributed by atoms with van der Waals surface area (Å²) in [5.41, 5.74) is 3.47. The van der Waals surface area contributed by atoms with Crippen LogP contribution in [0.3, 0.4) is 0 Å². The van der Waals surface area contributed by atoms with E-state index in [2.05, 4.69) is 26.1 Å². The predicted molar refractivity (Wildman–Crippen MR) is 94.5 cm³/mol. The summed E-state index contributed by atoms with van der Waals surface area (Å²) >= 11 is 0. The molecule has 25 heavy (non-hydrogen) atoms. The van der Waals surface area contributed by atoms with Gasteiger partial charge in [-0.25, -0.2) is 9.97 Å². The van der Waals surface area contributed by atoms with Crippen LogP contribution < -0.4 is 4.90 Å². The van der Waals surface area contributed by atoms with E-state index in [0.717, 1.165) is 43.1 Å². The van der Waals surface area contributed by atoms with Gasteiger partial charge in [0.1, 0.15) is 0 Å². The van der Waals surface area contributed by atoms with E-state index in [1.54, 1.807) is 0 Å². The van der Waals surface area contributed by atoms with Crippen LogP contribution in [-0.4, -0.2) is 44.5 Å². The summed E-state index contributed by atoms with van der Waals surface area (Å²) in [4.78, 5) is 11.5. The number of hydrogen-bond acceptors (Lipinski definition) is 5. The van der Waals surface area contributed by atoms with Crippen molar-refractivity contribution in [3.05, 3.63) is 35.4 Å². The Balaban J connectivity index is 1.31. The topological polar surface area (TPSA) is 77.9 Å². The zero-order valence-electron chi connectivity index (χ0n) is 14.5. The number of aliphatic hydroxyl groups is 1. The van der Waals surface area contributed by atoms with Crippen molar-refractivity contribution in [3.63, 3.8) is 0 Å². The maximum Gasteiger partial charge on any atom is 0.225 e. The van der Waals surface area contributed by atoms with Crippen molar-refractivity contribution in [1.82, 2.24) is 20.2 Å². The van der Waals surface area contributed by atoms with Crippen LogP contribution >= 0.6 is 0 Å². The molecule has 0 aromatic carbocycles. The van der Waals surface area contributed by atoms with Gasteiger partial charge in [0.2, 0.25) is 5.95 Å². The number of rotatable bonds is 5. The lowest BCUT2D eigenvalue weighted by atomic mass is 9.71. The number of aromatic nitrogens is 4. The fourth-order valence-corrected chi connectivity index (χ4v) is 4.91. The zero-order chi connectivity index (χ0) is 16.9. The molecule has 0 atom stereocenters. The van der Waals surface area contributed by atoms with Crippen molar-refractivity contribution >= 4 is 5.95 Å². The molecule has 4 heterocycles. The first-order valence-corrected chi connectivity index (χ1v) is 9.48. The van der Waals surface area contributed by atoms with Crippen LogP contribution in [0.15, 0.2) is 18.3 Å². The highest BCUT2D eigenvalue weighted by Crippen LogP contribution is 2.52. The first-order valence-electron chi connectivity index (χ1n) is 9.48. The number of fused-ring (bicyclic) bond motifs is 1. The van der Waals surface area contributed by atoms with Gasteiger partial charge in [-0.05, 0) is 37.8 Å². The summed E-state index contributed by atoms with van der Waals surface area (Å²) in [5.74, 6) is 1.45. The molecular weight excluding hydrogens is 314 g/mol. The number of H-pyrrole nitrogens is 1. The monoisotopic (exact) mass is 339 g/mol. The van der Waals surface area contributed by atoms with E-state index >= 15 is 0 Å². The van der Waals surface area contributed by atoms with Crippen LogP contribution in [0.2, 0.25) is 0 Å². The molecule has 2 aromatic heterocycles. The molecule has 132 valence electrons. The Bertz CT molecular complexity index is 761. The largest absolute Gasteiger partial charge is 0.396 e. The molecule has 2 aromatic rings. The van der Waals surface area contributed by atoms with Crippen molar-refractivity contribution in [1.29, 1.82) is 0 Å². The molecule has 0 amide bonds. The van der Waals surface area contributed by atoms with E-state index in [9.17, 15) is 5.11 Å². The molecule has 4 fully saturated rings. The molecule has 2 aliphatic heterocycles. The molecule has 0 radical (unpaired) electrons. The molecule has 2 bridgehead atoms. The van der Waals surface area contributed by atoms with E-state index in [1.165, 1.54) is 31.4 Å². The third-order valence-electron chi connectivity index (χ3n) is 6.37. The van der Waals surface area contributed by atoms with Gasteiger partial charge >= 0.3 is 0 Å². The molecule has 6 rings (SSSR count). The Hall–Kier alpha value is -1.95. The fraction of sp³-hybridized carbons (Fsp3) is 0.632. The molecule has 2 saturated carbocycles. The summed E-state index contributed by atoms with van der Waals surface area (Å²) in [6.45, 7) is 1.16. The third-order valence-corrected chi connectivity index (χ3v) is 6.37. The minimum absolute atomic E-state index is 0.101. The summed E-state index contributed by atoms with van der Waals surface area (Å²) in [6, 6.07) is 4.70.